The summed E-state index contributed by atoms with van der Waals surface area (Å²) in [5.41, 5.74) is 4.34. The Bertz CT molecular complexity index is 420. The lowest BCUT2D eigenvalue weighted by Crippen LogP contribution is -2.39. The van der Waals surface area contributed by atoms with Gasteiger partial charge in [0, 0.05) is 42.8 Å². The van der Waals surface area contributed by atoms with Crippen molar-refractivity contribution < 1.29 is 0 Å². The number of pyridine rings is 1. The Morgan fingerprint density at radius 3 is 2.63 bits per heavy atom. The summed E-state index contributed by atoms with van der Waals surface area (Å²) in [6.07, 6.45) is 5.90. The third kappa shape index (κ3) is 3.27. The van der Waals surface area contributed by atoms with E-state index in [9.17, 15) is 0 Å². The van der Waals surface area contributed by atoms with Crippen LogP contribution in [0.1, 0.15) is 44.4 Å². The zero-order valence-electron chi connectivity index (χ0n) is 12.8. The summed E-state index contributed by atoms with van der Waals surface area (Å²) in [6.45, 7) is 10.1. The molecule has 1 N–H and O–H groups in total. The minimum absolute atomic E-state index is 0.543. The first kappa shape index (κ1) is 14.3. The first-order chi connectivity index (χ1) is 9.08. The zero-order valence-corrected chi connectivity index (χ0v) is 12.8. The second kappa shape index (κ2) is 5.91. The van der Waals surface area contributed by atoms with E-state index < -0.39 is 0 Å². The molecule has 1 aromatic heterocycles. The monoisotopic (exact) mass is 261 g/mol. The summed E-state index contributed by atoms with van der Waals surface area (Å²) in [5, 5.41) is 3.24. The molecule has 2 rings (SSSR count). The Morgan fingerprint density at radius 1 is 1.37 bits per heavy atom. The van der Waals surface area contributed by atoms with E-state index in [2.05, 4.69) is 42.0 Å². The highest BCUT2D eigenvalue weighted by Crippen LogP contribution is 2.36. The van der Waals surface area contributed by atoms with Crippen molar-refractivity contribution in [1.82, 2.24) is 10.3 Å². The molecule has 0 saturated carbocycles. The molecule has 1 aromatic rings. The molecule has 0 aliphatic carbocycles. The van der Waals surface area contributed by atoms with Crippen molar-refractivity contribution in [2.45, 2.75) is 46.6 Å². The number of rotatable bonds is 4. The number of aromatic nitrogens is 1. The van der Waals surface area contributed by atoms with Crippen molar-refractivity contribution in [2.24, 2.45) is 5.41 Å². The third-order valence-electron chi connectivity index (χ3n) is 4.63. The molecule has 106 valence electrons. The number of nitrogens with zero attached hydrogens (tertiary/aromatic N) is 2. The number of hydrogen-bond acceptors (Lipinski definition) is 3. The van der Waals surface area contributed by atoms with Gasteiger partial charge < -0.3 is 10.2 Å². The van der Waals surface area contributed by atoms with Crippen molar-refractivity contribution in [1.29, 1.82) is 0 Å². The summed E-state index contributed by atoms with van der Waals surface area (Å²) in [6, 6.07) is 2.24. The van der Waals surface area contributed by atoms with Crippen LogP contribution in [0.3, 0.4) is 0 Å². The minimum atomic E-state index is 0.543. The smallest absolute Gasteiger partial charge is 0.0445 e. The van der Waals surface area contributed by atoms with Crippen LogP contribution in [0.15, 0.2) is 12.3 Å². The molecule has 0 spiro atoms. The van der Waals surface area contributed by atoms with Gasteiger partial charge in [0.05, 0.1) is 0 Å². The van der Waals surface area contributed by atoms with Gasteiger partial charge in [-0.2, -0.15) is 0 Å². The molecule has 1 aliphatic rings. The number of aryl methyl sites for hydroxylation is 1. The average Bonchev–Trinajstić information content (AvgIpc) is 2.42. The molecule has 0 radical (unpaired) electrons. The van der Waals surface area contributed by atoms with E-state index in [1.54, 1.807) is 0 Å². The maximum atomic E-state index is 4.43. The number of nitrogens with one attached hydrogen (secondary N) is 1. The van der Waals surface area contributed by atoms with Gasteiger partial charge in [0.1, 0.15) is 0 Å². The van der Waals surface area contributed by atoms with Crippen LogP contribution in [-0.2, 0) is 6.54 Å². The van der Waals surface area contributed by atoms with Crippen molar-refractivity contribution in [3.8, 4) is 0 Å². The summed E-state index contributed by atoms with van der Waals surface area (Å²) < 4.78 is 0. The fraction of sp³-hybridized carbons (Fsp3) is 0.688. The molecule has 0 aromatic carbocycles. The van der Waals surface area contributed by atoms with Crippen LogP contribution in [0.5, 0.6) is 0 Å². The van der Waals surface area contributed by atoms with E-state index in [4.69, 9.17) is 0 Å². The van der Waals surface area contributed by atoms with Crippen LogP contribution in [0, 0.1) is 12.3 Å². The first-order valence-corrected chi connectivity index (χ1v) is 7.43. The van der Waals surface area contributed by atoms with Gasteiger partial charge in [-0.1, -0.05) is 20.3 Å². The Balaban J connectivity index is 2.16. The third-order valence-corrected chi connectivity index (χ3v) is 4.63. The van der Waals surface area contributed by atoms with Gasteiger partial charge in [-0.05, 0) is 38.3 Å². The molecule has 0 bridgehead atoms. The molecule has 0 atom stereocenters. The van der Waals surface area contributed by atoms with Gasteiger partial charge in [-0.3, -0.25) is 4.98 Å². The molecule has 3 heteroatoms. The van der Waals surface area contributed by atoms with Crippen molar-refractivity contribution in [3.05, 3.63) is 23.5 Å². The highest BCUT2D eigenvalue weighted by atomic mass is 15.1. The van der Waals surface area contributed by atoms with E-state index in [1.165, 1.54) is 43.6 Å². The first-order valence-electron chi connectivity index (χ1n) is 7.43. The second-order valence-electron chi connectivity index (χ2n) is 6.14. The maximum Gasteiger partial charge on any atom is 0.0445 e. The number of piperidine rings is 1. The van der Waals surface area contributed by atoms with Crippen LogP contribution in [0.2, 0.25) is 0 Å². The van der Waals surface area contributed by atoms with Crippen LogP contribution in [0.25, 0.3) is 0 Å². The molecule has 0 amide bonds. The van der Waals surface area contributed by atoms with Crippen molar-refractivity contribution >= 4 is 5.69 Å². The van der Waals surface area contributed by atoms with E-state index in [0.29, 0.717) is 5.41 Å². The lowest BCUT2D eigenvalue weighted by Gasteiger charge is -2.40. The van der Waals surface area contributed by atoms with Gasteiger partial charge in [0.2, 0.25) is 0 Å². The average molecular weight is 261 g/mol. The van der Waals surface area contributed by atoms with Crippen LogP contribution < -0.4 is 10.2 Å². The molecule has 1 aliphatic heterocycles. The fourth-order valence-electron chi connectivity index (χ4n) is 2.84. The maximum absolute atomic E-state index is 4.43. The molecular formula is C16H27N3. The summed E-state index contributed by atoms with van der Waals surface area (Å²) in [7, 11) is 1.99. The SMILES string of the molecule is CCC1(C)CCN(c2cc(C)ncc2CNC)CC1. The van der Waals surface area contributed by atoms with E-state index >= 15 is 0 Å². The van der Waals surface area contributed by atoms with Gasteiger partial charge in [-0.25, -0.2) is 0 Å². The molecule has 1 saturated heterocycles. The predicted octanol–water partition coefficient (Wildman–Crippen LogP) is 3.13. The largest absolute Gasteiger partial charge is 0.371 e. The molecule has 19 heavy (non-hydrogen) atoms. The summed E-state index contributed by atoms with van der Waals surface area (Å²) in [5.74, 6) is 0. The highest BCUT2D eigenvalue weighted by molar-refractivity contribution is 5.54. The molecule has 1 fully saturated rings. The van der Waals surface area contributed by atoms with Gasteiger partial charge in [0.25, 0.3) is 0 Å². The van der Waals surface area contributed by atoms with Gasteiger partial charge >= 0.3 is 0 Å². The number of hydrogen-bond donors (Lipinski definition) is 1. The topological polar surface area (TPSA) is 28.2 Å². The lowest BCUT2D eigenvalue weighted by molar-refractivity contribution is 0.238. The number of anilines is 1. The molecular weight excluding hydrogens is 234 g/mol. The second-order valence-corrected chi connectivity index (χ2v) is 6.14. The molecule has 3 nitrogen and oxygen atoms in total. The van der Waals surface area contributed by atoms with Crippen molar-refractivity contribution in [2.75, 3.05) is 25.0 Å². The minimum Gasteiger partial charge on any atom is -0.371 e. The Labute approximate surface area is 117 Å². The van der Waals surface area contributed by atoms with Crippen LogP contribution in [0.4, 0.5) is 5.69 Å². The van der Waals surface area contributed by atoms with E-state index in [1.807, 2.05) is 13.2 Å². The standard InChI is InChI=1S/C16H27N3/c1-5-16(3)6-8-19(9-7-16)15-10-13(2)18-12-14(15)11-17-4/h10,12,17H,5-9,11H2,1-4H3. The van der Waals surface area contributed by atoms with Crippen molar-refractivity contribution in [3.63, 3.8) is 0 Å². The predicted molar refractivity (Wildman–Crippen MR) is 81.6 cm³/mol. The van der Waals surface area contributed by atoms with Gasteiger partial charge in [0.15, 0.2) is 0 Å². The Morgan fingerprint density at radius 2 is 2.05 bits per heavy atom. The Kier molecular flexibility index (Phi) is 4.46. The lowest BCUT2D eigenvalue weighted by atomic mass is 9.78. The summed E-state index contributed by atoms with van der Waals surface area (Å²) >= 11 is 0. The zero-order chi connectivity index (χ0) is 13.9. The van der Waals surface area contributed by atoms with Crippen LogP contribution in [-0.4, -0.2) is 25.1 Å². The highest BCUT2D eigenvalue weighted by Gasteiger charge is 2.29. The normalized spacial score (nSPS) is 18.6. The quantitative estimate of drug-likeness (QED) is 0.902. The molecule has 0 unspecified atom stereocenters. The van der Waals surface area contributed by atoms with Crippen LogP contribution >= 0.6 is 0 Å². The van der Waals surface area contributed by atoms with Gasteiger partial charge in [-0.15, -0.1) is 0 Å². The van der Waals surface area contributed by atoms with E-state index in [0.717, 1.165) is 12.2 Å². The Hall–Kier alpha value is -1.09. The molecule has 2 heterocycles. The van der Waals surface area contributed by atoms with E-state index in [-0.39, 0.29) is 0 Å². The fourth-order valence-corrected chi connectivity index (χ4v) is 2.84. The summed E-state index contributed by atoms with van der Waals surface area (Å²) in [4.78, 5) is 6.97.